The number of phenolic OH excluding ortho intramolecular Hbond substituents is 1. The van der Waals surface area contributed by atoms with Gasteiger partial charge in [0.2, 0.25) is 5.91 Å². The zero-order valence-electron chi connectivity index (χ0n) is 18.7. The molecule has 0 heterocycles. The third-order valence-corrected chi connectivity index (χ3v) is 7.29. The van der Waals surface area contributed by atoms with Crippen LogP contribution in [-0.2, 0) is 25.7 Å². The molecule has 0 aliphatic heterocycles. The Kier molecular flexibility index (Phi) is 10.0. The van der Waals surface area contributed by atoms with Gasteiger partial charge in [-0.15, -0.1) is 11.8 Å². The van der Waals surface area contributed by atoms with Gasteiger partial charge in [0, 0.05) is 46.2 Å². The summed E-state index contributed by atoms with van der Waals surface area (Å²) in [5.41, 5.74) is 1.59. The van der Waals surface area contributed by atoms with Crippen molar-refractivity contribution in [3.8, 4) is 5.75 Å². The molecule has 0 aromatic heterocycles. The van der Waals surface area contributed by atoms with Gasteiger partial charge in [-0.1, -0.05) is 41.5 Å². The highest BCUT2D eigenvalue weighted by molar-refractivity contribution is 8.03. The lowest BCUT2D eigenvalue weighted by Crippen LogP contribution is -2.29. The lowest BCUT2D eigenvalue weighted by atomic mass is 9.79. The van der Waals surface area contributed by atoms with E-state index in [2.05, 4.69) is 59.0 Å². The lowest BCUT2D eigenvalue weighted by molar-refractivity contribution is -0.120. The van der Waals surface area contributed by atoms with E-state index in [0.29, 0.717) is 17.9 Å². The SMILES string of the molecule is CC(C)(C)c1cc(SCCSCCC(=O)NCCS(=O)(=O)O)cc(C(C)(C)C)c1O. The fourth-order valence-electron chi connectivity index (χ4n) is 2.73. The van der Waals surface area contributed by atoms with E-state index in [9.17, 15) is 18.3 Å². The van der Waals surface area contributed by atoms with E-state index in [1.165, 1.54) is 0 Å². The van der Waals surface area contributed by atoms with Gasteiger partial charge in [0.1, 0.15) is 5.75 Å². The molecule has 0 fully saturated rings. The Hall–Kier alpha value is -0.900. The third kappa shape index (κ3) is 9.94. The lowest BCUT2D eigenvalue weighted by Gasteiger charge is -2.28. The number of phenols is 1. The van der Waals surface area contributed by atoms with E-state index < -0.39 is 15.9 Å². The van der Waals surface area contributed by atoms with Crippen LogP contribution in [0.25, 0.3) is 0 Å². The molecular weight excluding hydrogens is 442 g/mol. The molecule has 30 heavy (non-hydrogen) atoms. The van der Waals surface area contributed by atoms with Crippen LogP contribution in [0.2, 0.25) is 0 Å². The molecule has 172 valence electrons. The second-order valence-corrected chi connectivity index (χ2v) is 13.2. The van der Waals surface area contributed by atoms with Gasteiger partial charge >= 0.3 is 0 Å². The summed E-state index contributed by atoms with van der Waals surface area (Å²) in [5.74, 6) is 2.10. The zero-order chi connectivity index (χ0) is 23.2. The number of nitrogens with one attached hydrogen (secondary N) is 1. The molecule has 1 aromatic rings. The van der Waals surface area contributed by atoms with Crippen LogP contribution in [0, 0.1) is 0 Å². The van der Waals surface area contributed by atoms with E-state index in [4.69, 9.17) is 4.55 Å². The summed E-state index contributed by atoms with van der Waals surface area (Å²) >= 11 is 3.40. The topological polar surface area (TPSA) is 104 Å². The van der Waals surface area contributed by atoms with Crippen LogP contribution in [0.3, 0.4) is 0 Å². The number of benzene rings is 1. The van der Waals surface area contributed by atoms with Gasteiger partial charge in [-0.05, 0) is 23.0 Å². The van der Waals surface area contributed by atoms with Crippen molar-refractivity contribution in [2.75, 3.05) is 29.6 Å². The Labute approximate surface area is 189 Å². The second-order valence-electron chi connectivity index (χ2n) is 9.21. The smallest absolute Gasteiger partial charge is 0.266 e. The van der Waals surface area contributed by atoms with Crippen molar-refractivity contribution in [3.63, 3.8) is 0 Å². The molecule has 0 bridgehead atoms. The van der Waals surface area contributed by atoms with E-state index in [1.54, 1.807) is 23.5 Å². The van der Waals surface area contributed by atoms with Crippen LogP contribution in [0.5, 0.6) is 5.75 Å². The van der Waals surface area contributed by atoms with E-state index in [-0.39, 0.29) is 23.3 Å². The molecule has 1 aromatic carbocycles. The molecule has 0 spiro atoms. The minimum atomic E-state index is -4.04. The van der Waals surface area contributed by atoms with Crippen LogP contribution in [0.1, 0.15) is 59.1 Å². The first kappa shape index (κ1) is 27.1. The van der Waals surface area contributed by atoms with Crippen LogP contribution < -0.4 is 5.32 Å². The Bertz CT molecular complexity index is 789. The maximum atomic E-state index is 11.6. The molecule has 0 unspecified atom stereocenters. The predicted molar refractivity (Wildman–Crippen MR) is 128 cm³/mol. The fraction of sp³-hybridized carbons (Fsp3) is 0.667. The summed E-state index contributed by atoms with van der Waals surface area (Å²) < 4.78 is 29.9. The van der Waals surface area contributed by atoms with Gasteiger partial charge in [0.25, 0.3) is 10.1 Å². The maximum Gasteiger partial charge on any atom is 0.266 e. The zero-order valence-corrected chi connectivity index (χ0v) is 21.2. The summed E-state index contributed by atoms with van der Waals surface area (Å²) in [6, 6.07) is 4.14. The van der Waals surface area contributed by atoms with Gasteiger partial charge in [-0.2, -0.15) is 20.2 Å². The highest BCUT2D eigenvalue weighted by Crippen LogP contribution is 2.41. The third-order valence-electron chi connectivity index (χ3n) is 4.35. The molecule has 6 nitrogen and oxygen atoms in total. The molecule has 0 radical (unpaired) electrons. The molecule has 0 aliphatic carbocycles. The van der Waals surface area contributed by atoms with Crippen molar-refractivity contribution in [2.24, 2.45) is 0 Å². The minimum absolute atomic E-state index is 0.0781. The van der Waals surface area contributed by atoms with E-state index in [1.807, 2.05) is 0 Å². The summed E-state index contributed by atoms with van der Waals surface area (Å²) in [7, 11) is -4.04. The summed E-state index contributed by atoms with van der Waals surface area (Å²) in [5, 5.41) is 13.3. The first-order valence-corrected chi connectivity index (χ1v) is 13.7. The van der Waals surface area contributed by atoms with Crippen molar-refractivity contribution in [3.05, 3.63) is 23.3 Å². The van der Waals surface area contributed by atoms with Gasteiger partial charge in [0.05, 0.1) is 5.75 Å². The Balaban J connectivity index is 2.53. The van der Waals surface area contributed by atoms with Gasteiger partial charge < -0.3 is 10.4 Å². The predicted octanol–water partition coefficient (Wildman–Crippen LogP) is 4.21. The molecule has 1 amide bonds. The highest BCUT2D eigenvalue weighted by Gasteiger charge is 2.26. The Morgan fingerprint density at radius 3 is 2.00 bits per heavy atom. The largest absolute Gasteiger partial charge is 0.507 e. The van der Waals surface area contributed by atoms with Crippen molar-refractivity contribution < 1.29 is 22.9 Å². The molecule has 0 saturated heterocycles. The maximum absolute atomic E-state index is 11.6. The normalized spacial score (nSPS) is 12.8. The molecule has 0 aliphatic rings. The van der Waals surface area contributed by atoms with Crippen LogP contribution >= 0.6 is 23.5 Å². The molecule has 9 heteroatoms. The first-order chi connectivity index (χ1) is 13.6. The first-order valence-electron chi connectivity index (χ1n) is 9.91. The van der Waals surface area contributed by atoms with Gasteiger partial charge in [-0.3, -0.25) is 9.35 Å². The second kappa shape index (κ2) is 11.1. The monoisotopic (exact) mass is 477 g/mol. The molecular formula is C21H35NO5S3. The molecule has 3 N–H and O–H groups in total. The number of aromatic hydroxyl groups is 1. The van der Waals surface area contributed by atoms with Gasteiger partial charge in [-0.25, -0.2) is 0 Å². The number of hydrogen-bond donors (Lipinski definition) is 3. The van der Waals surface area contributed by atoms with Crippen molar-refractivity contribution in [1.29, 1.82) is 0 Å². The van der Waals surface area contributed by atoms with Gasteiger partial charge in [0.15, 0.2) is 0 Å². The van der Waals surface area contributed by atoms with Crippen molar-refractivity contribution >= 4 is 39.5 Å². The summed E-state index contributed by atoms with van der Waals surface area (Å²) in [6.45, 7) is 12.5. The molecule has 0 saturated carbocycles. The number of carbonyl (C=O) groups is 1. The van der Waals surface area contributed by atoms with Crippen LogP contribution in [-0.4, -0.2) is 53.5 Å². The summed E-state index contributed by atoms with van der Waals surface area (Å²) in [4.78, 5) is 12.8. The minimum Gasteiger partial charge on any atom is -0.507 e. The highest BCUT2D eigenvalue weighted by atomic mass is 32.2. The standard InChI is InChI=1S/C21H35NO5S3/c1-20(2,3)16-13-15(14-17(19(16)24)21(4,5)6)29-11-10-28-9-7-18(23)22-8-12-30(25,26)27/h13-14,24H,7-12H2,1-6H3,(H,22,23)(H,25,26,27). The molecule has 1 rings (SSSR count). The number of thioether (sulfide) groups is 2. The van der Waals surface area contributed by atoms with E-state index in [0.717, 1.165) is 27.5 Å². The van der Waals surface area contributed by atoms with Crippen LogP contribution in [0.15, 0.2) is 17.0 Å². The number of hydrogen-bond acceptors (Lipinski definition) is 6. The van der Waals surface area contributed by atoms with Crippen LogP contribution in [0.4, 0.5) is 0 Å². The average Bonchev–Trinajstić information content (AvgIpc) is 2.55. The quantitative estimate of drug-likeness (QED) is 0.263. The average molecular weight is 478 g/mol. The fourth-order valence-corrected chi connectivity index (χ4v) is 5.06. The Morgan fingerprint density at radius 2 is 1.53 bits per heavy atom. The van der Waals surface area contributed by atoms with Crippen molar-refractivity contribution in [2.45, 2.75) is 63.7 Å². The number of amides is 1. The molecule has 0 atom stereocenters. The summed E-state index contributed by atoms with van der Waals surface area (Å²) in [6.07, 6.45) is 0.308. The Morgan fingerprint density at radius 1 is 1.00 bits per heavy atom. The number of rotatable bonds is 10. The van der Waals surface area contributed by atoms with Crippen molar-refractivity contribution in [1.82, 2.24) is 5.32 Å². The van der Waals surface area contributed by atoms with E-state index >= 15 is 0 Å². The number of carbonyl (C=O) groups excluding carboxylic acids is 1.